The lowest BCUT2D eigenvalue weighted by Crippen LogP contribution is -2.06. The first-order chi connectivity index (χ1) is 9.08. The van der Waals surface area contributed by atoms with Gasteiger partial charge < -0.3 is 10.2 Å². The molecule has 0 heterocycles. The zero-order valence-corrected chi connectivity index (χ0v) is 11.5. The molecule has 1 aromatic carbocycles. The van der Waals surface area contributed by atoms with E-state index in [1.165, 1.54) is 19.3 Å². The molecule has 0 unspecified atom stereocenters. The Balaban J connectivity index is 2.22. The van der Waals surface area contributed by atoms with Gasteiger partial charge in [-0.1, -0.05) is 31.4 Å². The van der Waals surface area contributed by atoms with Crippen LogP contribution in [0.15, 0.2) is 12.1 Å². The smallest absolute Gasteiger partial charge is 0.303 e. The van der Waals surface area contributed by atoms with E-state index in [1.807, 2.05) is 19.1 Å². The number of phenols is 1. The first kappa shape index (κ1) is 13.9. The molecule has 0 spiro atoms. The highest BCUT2D eigenvalue weighted by atomic mass is 16.4. The maximum atomic E-state index is 10.7. The molecule has 19 heavy (non-hydrogen) atoms. The SMILES string of the molecule is Cc1cc(CCC(=O)O)cc(C2CCCCC2)c1O. The summed E-state index contributed by atoms with van der Waals surface area (Å²) in [5.41, 5.74) is 2.92. The summed E-state index contributed by atoms with van der Waals surface area (Å²) in [7, 11) is 0. The van der Waals surface area contributed by atoms with Crippen LogP contribution in [0.1, 0.15) is 61.1 Å². The van der Waals surface area contributed by atoms with Crippen LogP contribution in [0.25, 0.3) is 0 Å². The molecule has 3 nitrogen and oxygen atoms in total. The summed E-state index contributed by atoms with van der Waals surface area (Å²) in [5.74, 6) is 0.0770. The van der Waals surface area contributed by atoms with Crippen LogP contribution < -0.4 is 0 Å². The predicted octanol–water partition coefficient (Wildman–Crippen LogP) is 3.77. The van der Waals surface area contributed by atoms with E-state index in [-0.39, 0.29) is 6.42 Å². The average Bonchev–Trinajstić information content (AvgIpc) is 2.41. The number of benzene rings is 1. The number of carboxylic acids is 1. The van der Waals surface area contributed by atoms with Crippen molar-refractivity contribution in [1.82, 2.24) is 0 Å². The number of aliphatic carboxylic acids is 1. The molecule has 0 atom stereocenters. The fourth-order valence-electron chi connectivity index (χ4n) is 3.00. The van der Waals surface area contributed by atoms with E-state index in [0.29, 0.717) is 18.1 Å². The van der Waals surface area contributed by atoms with Gasteiger partial charge in [-0.15, -0.1) is 0 Å². The Morgan fingerprint density at radius 2 is 1.95 bits per heavy atom. The first-order valence-corrected chi connectivity index (χ1v) is 7.12. The van der Waals surface area contributed by atoms with Crippen LogP contribution in [0.2, 0.25) is 0 Å². The lowest BCUT2D eigenvalue weighted by molar-refractivity contribution is -0.136. The van der Waals surface area contributed by atoms with Crippen LogP contribution in [-0.4, -0.2) is 16.2 Å². The monoisotopic (exact) mass is 262 g/mol. The van der Waals surface area contributed by atoms with Crippen molar-refractivity contribution in [3.8, 4) is 5.75 Å². The lowest BCUT2D eigenvalue weighted by Gasteiger charge is -2.24. The molecule has 1 aliphatic rings. The highest BCUT2D eigenvalue weighted by molar-refractivity contribution is 5.67. The molecular formula is C16H22O3. The van der Waals surface area contributed by atoms with Crippen molar-refractivity contribution in [3.05, 3.63) is 28.8 Å². The summed E-state index contributed by atoms with van der Waals surface area (Å²) in [6, 6.07) is 3.92. The van der Waals surface area contributed by atoms with Gasteiger partial charge in [-0.3, -0.25) is 4.79 Å². The van der Waals surface area contributed by atoms with Crippen molar-refractivity contribution in [2.24, 2.45) is 0 Å². The molecule has 104 valence electrons. The number of hydrogen-bond donors (Lipinski definition) is 2. The molecule has 1 aromatic rings. The van der Waals surface area contributed by atoms with E-state index in [4.69, 9.17) is 5.11 Å². The number of aromatic hydroxyl groups is 1. The topological polar surface area (TPSA) is 57.5 Å². The van der Waals surface area contributed by atoms with Gasteiger partial charge >= 0.3 is 5.97 Å². The predicted molar refractivity (Wildman–Crippen MR) is 74.6 cm³/mol. The minimum Gasteiger partial charge on any atom is -0.507 e. The molecule has 0 aliphatic heterocycles. The number of rotatable bonds is 4. The maximum Gasteiger partial charge on any atom is 0.303 e. The molecule has 3 heteroatoms. The van der Waals surface area contributed by atoms with Gasteiger partial charge in [-0.25, -0.2) is 0 Å². The van der Waals surface area contributed by atoms with Crippen molar-refractivity contribution >= 4 is 5.97 Å². The highest BCUT2D eigenvalue weighted by Gasteiger charge is 2.20. The average molecular weight is 262 g/mol. The van der Waals surface area contributed by atoms with Gasteiger partial charge in [0.1, 0.15) is 5.75 Å². The number of carbonyl (C=O) groups is 1. The molecule has 0 aromatic heterocycles. The summed E-state index contributed by atoms with van der Waals surface area (Å²) in [4.78, 5) is 10.7. The van der Waals surface area contributed by atoms with Crippen molar-refractivity contribution in [2.45, 2.75) is 57.8 Å². The van der Waals surface area contributed by atoms with Crippen LogP contribution in [0.3, 0.4) is 0 Å². The van der Waals surface area contributed by atoms with Crippen LogP contribution in [0.4, 0.5) is 0 Å². The molecule has 0 radical (unpaired) electrons. The third-order valence-corrected chi connectivity index (χ3v) is 4.06. The minimum absolute atomic E-state index is 0.147. The largest absolute Gasteiger partial charge is 0.507 e. The second-order valence-corrected chi connectivity index (χ2v) is 5.58. The Morgan fingerprint density at radius 1 is 1.26 bits per heavy atom. The fourth-order valence-corrected chi connectivity index (χ4v) is 3.00. The van der Waals surface area contributed by atoms with Crippen molar-refractivity contribution in [2.75, 3.05) is 0 Å². The third-order valence-electron chi connectivity index (χ3n) is 4.06. The second kappa shape index (κ2) is 6.09. The van der Waals surface area contributed by atoms with Crippen molar-refractivity contribution in [3.63, 3.8) is 0 Å². The van der Waals surface area contributed by atoms with E-state index in [1.54, 1.807) is 0 Å². The van der Waals surface area contributed by atoms with Gasteiger partial charge in [-0.05, 0) is 48.8 Å². The molecule has 0 saturated heterocycles. The highest BCUT2D eigenvalue weighted by Crippen LogP contribution is 2.39. The third kappa shape index (κ3) is 3.49. The van der Waals surface area contributed by atoms with Crippen molar-refractivity contribution < 1.29 is 15.0 Å². The molecular weight excluding hydrogens is 240 g/mol. The molecule has 0 amide bonds. The lowest BCUT2D eigenvalue weighted by atomic mass is 9.82. The Kier molecular flexibility index (Phi) is 4.46. The number of hydrogen-bond acceptors (Lipinski definition) is 2. The second-order valence-electron chi connectivity index (χ2n) is 5.58. The number of phenolic OH excluding ortho intramolecular Hbond substituents is 1. The summed E-state index contributed by atoms with van der Waals surface area (Å²) in [5, 5.41) is 19.0. The Labute approximate surface area is 114 Å². The summed E-state index contributed by atoms with van der Waals surface area (Å²) >= 11 is 0. The van der Waals surface area contributed by atoms with Gasteiger partial charge in [0.05, 0.1) is 0 Å². The van der Waals surface area contributed by atoms with Gasteiger partial charge in [0.2, 0.25) is 0 Å². The van der Waals surface area contributed by atoms with E-state index in [2.05, 4.69) is 0 Å². The quantitative estimate of drug-likeness (QED) is 0.868. The molecule has 0 bridgehead atoms. The molecule has 2 rings (SSSR count). The Bertz CT molecular complexity index is 459. The van der Waals surface area contributed by atoms with Crippen LogP contribution in [-0.2, 0) is 11.2 Å². The van der Waals surface area contributed by atoms with Gasteiger partial charge in [0.15, 0.2) is 0 Å². The van der Waals surface area contributed by atoms with Gasteiger partial charge in [-0.2, -0.15) is 0 Å². The van der Waals surface area contributed by atoms with Crippen molar-refractivity contribution in [1.29, 1.82) is 0 Å². The molecule has 1 fully saturated rings. The van der Waals surface area contributed by atoms with Gasteiger partial charge in [0.25, 0.3) is 0 Å². The Morgan fingerprint density at radius 3 is 2.58 bits per heavy atom. The zero-order valence-electron chi connectivity index (χ0n) is 11.5. The number of aryl methyl sites for hydroxylation is 2. The van der Waals surface area contributed by atoms with Crippen LogP contribution >= 0.6 is 0 Å². The zero-order chi connectivity index (χ0) is 13.8. The van der Waals surface area contributed by atoms with E-state index >= 15 is 0 Å². The summed E-state index contributed by atoms with van der Waals surface area (Å²) < 4.78 is 0. The molecule has 1 saturated carbocycles. The van der Waals surface area contributed by atoms with Crippen LogP contribution in [0, 0.1) is 6.92 Å². The van der Waals surface area contributed by atoms with Crippen LogP contribution in [0.5, 0.6) is 5.75 Å². The fraction of sp³-hybridized carbons (Fsp3) is 0.562. The molecule has 2 N–H and O–H groups in total. The first-order valence-electron chi connectivity index (χ1n) is 7.12. The van der Waals surface area contributed by atoms with E-state index in [9.17, 15) is 9.90 Å². The standard InChI is InChI=1S/C16H22O3/c1-11-9-12(7-8-15(17)18)10-14(16(11)19)13-5-3-2-4-6-13/h9-10,13,19H,2-8H2,1H3,(H,17,18). The Hall–Kier alpha value is -1.51. The number of carboxylic acid groups (broad SMARTS) is 1. The van der Waals surface area contributed by atoms with E-state index < -0.39 is 5.97 Å². The molecule has 1 aliphatic carbocycles. The maximum absolute atomic E-state index is 10.7. The van der Waals surface area contributed by atoms with Gasteiger partial charge in [0, 0.05) is 6.42 Å². The minimum atomic E-state index is -0.773. The summed E-state index contributed by atoms with van der Waals surface area (Å²) in [6.45, 7) is 1.89. The summed E-state index contributed by atoms with van der Waals surface area (Å²) in [6.07, 6.45) is 6.69. The van der Waals surface area contributed by atoms with E-state index in [0.717, 1.165) is 29.5 Å². The normalized spacial score (nSPS) is 16.5.